The zero-order valence-corrected chi connectivity index (χ0v) is 9.96. The Bertz CT molecular complexity index is 272. The zero-order valence-electron chi connectivity index (χ0n) is 6.22. The molecule has 3 nitrogen and oxygen atoms in total. The van der Waals surface area contributed by atoms with Crippen molar-refractivity contribution in [3.05, 3.63) is 27.0 Å². The number of anilines is 1. The molecule has 1 N–H and O–H groups in total. The summed E-state index contributed by atoms with van der Waals surface area (Å²) in [5.41, 5.74) is 0. The molecular formula is C7H7BrIN3. The van der Waals surface area contributed by atoms with Gasteiger partial charge in [-0.05, 0) is 22.6 Å². The van der Waals surface area contributed by atoms with E-state index in [1.807, 2.05) is 0 Å². The summed E-state index contributed by atoms with van der Waals surface area (Å²) in [6.45, 7) is 4.32. The third-order valence-corrected chi connectivity index (χ3v) is 1.90. The minimum absolute atomic E-state index is 0.621. The van der Waals surface area contributed by atoms with E-state index >= 15 is 0 Å². The van der Waals surface area contributed by atoms with Gasteiger partial charge in [0.2, 0.25) is 5.95 Å². The largest absolute Gasteiger partial charge is 0.350 e. The van der Waals surface area contributed by atoms with Gasteiger partial charge >= 0.3 is 0 Å². The van der Waals surface area contributed by atoms with Gasteiger partial charge in [-0.25, -0.2) is 9.97 Å². The maximum atomic E-state index is 4.06. The molecule has 12 heavy (non-hydrogen) atoms. The van der Waals surface area contributed by atoms with E-state index in [1.54, 1.807) is 12.4 Å². The molecule has 0 atom stereocenters. The van der Waals surface area contributed by atoms with Crippen molar-refractivity contribution in [1.29, 1.82) is 0 Å². The van der Waals surface area contributed by atoms with Crippen LogP contribution in [0.25, 0.3) is 0 Å². The first-order valence-electron chi connectivity index (χ1n) is 3.23. The number of hydrogen-bond donors (Lipinski definition) is 1. The molecule has 1 aromatic heterocycles. The van der Waals surface area contributed by atoms with E-state index in [4.69, 9.17) is 0 Å². The van der Waals surface area contributed by atoms with Crippen molar-refractivity contribution in [2.75, 3.05) is 11.9 Å². The summed E-state index contributed by atoms with van der Waals surface area (Å²) in [6, 6.07) is 0. The number of hydrogen-bond acceptors (Lipinski definition) is 3. The van der Waals surface area contributed by atoms with Gasteiger partial charge in [0.15, 0.2) is 0 Å². The average molecular weight is 340 g/mol. The van der Waals surface area contributed by atoms with Gasteiger partial charge in [0.05, 0.1) is 0 Å². The van der Waals surface area contributed by atoms with Crippen LogP contribution in [0.3, 0.4) is 0 Å². The first-order chi connectivity index (χ1) is 5.68. The molecule has 0 saturated heterocycles. The zero-order chi connectivity index (χ0) is 8.97. The quantitative estimate of drug-likeness (QED) is 0.859. The number of nitrogens with zero attached hydrogens (tertiary/aromatic N) is 2. The molecule has 0 aliphatic rings. The molecule has 0 aromatic carbocycles. The van der Waals surface area contributed by atoms with E-state index in [9.17, 15) is 0 Å². The van der Waals surface area contributed by atoms with Gasteiger partial charge in [-0.3, -0.25) is 0 Å². The van der Waals surface area contributed by atoms with Crippen LogP contribution in [-0.4, -0.2) is 16.5 Å². The van der Waals surface area contributed by atoms with Gasteiger partial charge in [0.1, 0.15) is 0 Å². The monoisotopic (exact) mass is 339 g/mol. The van der Waals surface area contributed by atoms with Crippen LogP contribution in [0.5, 0.6) is 0 Å². The highest BCUT2D eigenvalue weighted by atomic mass is 127. The number of halogens is 2. The topological polar surface area (TPSA) is 37.8 Å². The fourth-order valence-electron chi connectivity index (χ4n) is 0.579. The van der Waals surface area contributed by atoms with Crippen LogP contribution in [-0.2, 0) is 0 Å². The SMILES string of the molecule is C=C(Br)CNc1ncc(I)cn1. The van der Waals surface area contributed by atoms with Gasteiger partial charge < -0.3 is 5.32 Å². The fraction of sp³-hybridized carbons (Fsp3) is 0.143. The molecular weight excluding hydrogens is 333 g/mol. The molecule has 1 rings (SSSR count). The molecule has 0 fully saturated rings. The maximum absolute atomic E-state index is 4.06. The second-order valence-corrected chi connectivity index (χ2v) is 4.46. The molecule has 1 aromatic rings. The smallest absolute Gasteiger partial charge is 0.222 e. The first kappa shape index (κ1) is 9.91. The van der Waals surface area contributed by atoms with E-state index in [0.717, 1.165) is 8.05 Å². The summed E-state index contributed by atoms with van der Waals surface area (Å²) >= 11 is 5.39. The number of rotatable bonds is 3. The Morgan fingerprint density at radius 2 is 2.17 bits per heavy atom. The van der Waals surface area contributed by atoms with Crippen LogP contribution in [0.15, 0.2) is 23.5 Å². The highest BCUT2D eigenvalue weighted by Gasteiger charge is 1.94. The van der Waals surface area contributed by atoms with Crippen molar-refractivity contribution in [1.82, 2.24) is 9.97 Å². The Morgan fingerprint density at radius 3 is 2.67 bits per heavy atom. The summed E-state index contributed by atoms with van der Waals surface area (Å²) in [5, 5.41) is 3.00. The van der Waals surface area contributed by atoms with Crippen molar-refractivity contribution in [2.24, 2.45) is 0 Å². The molecule has 0 saturated carbocycles. The summed E-state index contributed by atoms with van der Waals surface area (Å²) in [6.07, 6.45) is 3.51. The molecule has 0 spiro atoms. The molecule has 0 aliphatic carbocycles. The molecule has 0 radical (unpaired) electrons. The lowest BCUT2D eigenvalue weighted by Crippen LogP contribution is -2.04. The lowest BCUT2D eigenvalue weighted by molar-refractivity contribution is 1.11. The second-order valence-electron chi connectivity index (χ2n) is 2.10. The van der Waals surface area contributed by atoms with E-state index in [1.165, 1.54) is 0 Å². The normalized spacial score (nSPS) is 9.50. The van der Waals surface area contributed by atoms with Crippen molar-refractivity contribution >= 4 is 44.5 Å². The Labute approximate surface area is 93.0 Å². The standard InChI is InChI=1S/C7H7BrIN3/c1-5(8)2-10-7-11-3-6(9)4-12-7/h3-4H,1-2H2,(H,10,11,12). The molecule has 0 unspecified atom stereocenters. The first-order valence-corrected chi connectivity index (χ1v) is 5.10. The highest BCUT2D eigenvalue weighted by Crippen LogP contribution is 2.05. The number of nitrogens with one attached hydrogen (secondary N) is 1. The highest BCUT2D eigenvalue weighted by molar-refractivity contribution is 14.1. The maximum Gasteiger partial charge on any atom is 0.222 e. The lowest BCUT2D eigenvalue weighted by Gasteiger charge is -2.01. The lowest BCUT2D eigenvalue weighted by atomic mass is 10.6. The van der Waals surface area contributed by atoms with Crippen molar-refractivity contribution in [2.45, 2.75) is 0 Å². The second kappa shape index (κ2) is 4.76. The minimum atomic E-state index is 0.621. The van der Waals surface area contributed by atoms with Crippen LogP contribution < -0.4 is 5.32 Å². The van der Waals surface area contributed by atoms with Crippen LogP contribution in [0, 0.1) is 3.57 Å². The van der Waals surface area contributed by atoms with Crippen molar-refractivity contribution in [3.8, 4) is 0 Å². The third-order valence-electron chi connectivity index (χ3n) is 1.06. The molecule has 0 bridgehead atoms. The minimum Gasteiger partial charge on any atom is -0.350 e. The van der Waals surface area contributed by atoms with Crippen LogP contribution in [0.1, 0.15) is 0 Å². The summed E-state index contributed by atoms with van der Waals surface area (Å²) < 4.78 is 1.90. The van der Waals surface area contributed by atoms with E-state index in [-0.39, 0.29) is 0 Å². The van der Waals surface area contributed by atoms with Crippen LogP contribution >= 0.6 is 38.5 Å². The number of aromatic nitrogens is 2. The summed E-state index contributed by atoms with van der Waals surface area (Å²) in [4.78, 5) is 8.12. The predicted molar refractivity (Wildman–Crippen MR) is 61.3 cm³/mol. The molecule has 64 valence electrons. The van der Waals surface area contributed by atoms with Gasteiger partial charge in [0.25, 0.3) is 0 Å². The summed E-state index contributed by atoms with van der Waals surface area (Å²) in [5.74, 6) is 0.621. The average Bonchev–Trinajstić information content (AvgIpc) is 2.03. The van der Waals surface area contributed by atoms with Gasteiger partial charge in [0, 0.05) is 27.0 Å². The fourth-order valence-corrected chi connectivity index (χ4v) is 0.997. The molecule has 5 heteroatoms. The van der Waals surface area contributed by atoms with Crippen LogP contribution in [0.4, 0.5) is 5.95 Å². The van der Waals surface area contributed by atoms with E-state index < -0.39 is 0 Å². The van der Waals surface area contributed by atoms with Gasteiger partial charge in [-0.2, -0.15) is 0 Å². The Kier molecular flexibility index (Phi) is 3.93. The van der Waals surface area contributed by atoms with E-state index in [0.29, 0.717) is 12.5 Å². The van der Waals surface area contributed by atoms with Gasteiger partial charge in [-0.1, -0.05) is 22.5 Å². The molecule has 0 amide bonds. The Hall–Kier alpha value is -0.170. The van der Waals surface area contributed by atoms with E-state index in [2.05, 4.69) is 60.4 Å². The van der Waals surface area contributed by atoms with Gasteiger partial charge in [-0.15, -0.1) is 0 Å². The summed E-state index contributed by atoms with van der Waals surface area (Å²) in [7, 11) is 0. The third kappa shape index (κ3) is 3.48. The van der Waals surface area contributed by atoms with Crippen molar-refractivity contribution < 1.29 is 0 Å². The Morgan fingerprint density at radius 1 is 1.58 bits per heavy atom. The van der Waals surface area contributed by atoms with Crippen LogP contribution in [0.2, 0.25) is 0 Å². The predicted octanol–water partition coefficient (Wildman–Crippen LogP) is 2.40. The Balaban J connectivity index is 2.53. The molecule has 1 heterocycles. The van der Waals surface area contributed by atoms with Crippen molar-refractivity contribution in [3.63, 3.8) is 0 Å². The molecule has 0 aliphatic heterocycles.